The number of phenolic OH excluding ortho intramolecular Hbond substituents is 1. The van der Waals surface area contributed by atoms with Gasteiger partial charge in [0.05, 0.1) is 12.2 Å². The summed E-state index contributed by atoms with van der Waals surface area (Å²) >= 11 is 0. The van der Waals surface area contributed by atoms with Crippen molar-refractivity contribution in [3.05, 3.63) is 23.3 Å². The molecule has 118 valence electrons. The largest absolute Gasteiger partial charge is 0.507 e. The number of phenols is 1. The molecule has 0 unspecified atom stereocenters. The first kappa shape index (κ1) is 17.5. The number of nitrogens with two attached hydrogens (primary N) is 1. The first-order chi connectivity index (χ1) is 10.1. The fraction of sp³-hybridized carbons (Fsp3) is 0.588. The van der Waals surface area contributed by atoms with Crippen LogP contribution in [0.25, 0.3) is 0 Å². The quantitative estimate of drug-likeness (QED) is 0.512. The van der Waals surface area contributed by atoms with Crippen LogP contribution in [-0.2, 0) is 6.42 Å². The summed E-state index contributed by atoms with van der Waals surface area (Å²) in [5.41, 5.74) is 6.57. The number of hydrogen-bond acceptors (Lipinski definition) is 4. The molecule has 0 saturated carbocycles. The van der Waals surface area contributed by atoms with Crippen molar-refractivity contribution in [1.82, 2.24) is 0 Å². The van der Waals surface area contributed by atoms with Crippen LogP contribution in [0.3, 0.4) is 0 Å². The van der Waals surface area contributed by atoms with E-state index >= 15 is 0 Å². The molecule has 0 fully saturated rings. The van der Waals surface area contributed by atoms with Crippen molar-refractivity contribution in [3.8, 4) is 11.5 Å². The van der Waals surface area contributed by atoms with Crippen LogP contribution in [0.1, 0.15) is 61.9 Å². The molecule has 0 aromatic heterocycles. The van der Waals surface area contributed by atoms with E-state index in [2.05, 4.69) is 0 Å². The van der Waals surface area contributed by atoms with Gasteiger partial charge in [-0.25, -0.2) is 0 Å². The number of unbranched alkanes of at least 4 members (excludes halogenated alkanes) is 3. The Hall–Kier alpha value is -1.55. The highest BCUT2D eigenvalue weighted by molar-refractivity contribution is 5.97. The molecule has 0 aliphatic heterocycles. The lowest BCUT2D eigenvalue weighted by molar-refractivity contribution is 0.101. The Kier molecular flexibility index (Phi) is 7.83. The third kappa shape index (κ3) is 5.38. The average Bonchev–Trinajstić information content (AvgIpc) is 2.45. The maximum atomic E-state index is 11.5. The normalized spacial score (nSPS) is 10.6. The van der Waals surface area contributed by atoms with Gasteiger partial charge in [-0.15, -0.1) is 0 Å². The van der Waals surface area contributed by atoms with Crippen LogP contribution in [-0.4, -0.2) is 24.0 Å². The molecule has 0 amide bonds. The molecule has 0 saturated heterocycles. The molecule has 0 spiro atoms. The van der Waals surface area contributed by atoms with E-state index in [9.17, 15) is 9.90 Å². The molecular formula is C17H27NO3. The van der Waals surface area contributed by atoms with Gasteiger partial charge < -0.3 is 15.6 Å². The van der Waals surface area contributed by atoms with Crippen LogP contribution in [0, 0.1) is 0 Å². The monoisotopic (exact) mass is 293 g/mol. The summed E-state index contributed by atoms with van der Waals surface area (Å²) in [6.07, 6.45) is 5.83. The van der Waals surface area contributed by atoms with Gasteiger partial charge in [-0.1, -0.05) is 26.2 Å². The number of ether oxygens (including phenoxy) is 1. The molecule has 3 N–H and O–H groups in total. The second-order valence-electron chi connectivity index (χ2n) is 5.30. The standard InChI is InChI=1S/C17H27NO3/c1-3-8-15-16(21-12-7-5-4-6-11-18)10-9-14(13(2)19)17(15)20/h9-10,20H,3-8,11-12,18H2,1-2H3. The molecule has 21 heavy (non-hydrogen) atoms. The van der Waals surface area contributed by atoms with Gasteiger partial charge in [0.2, 0.25) is 0 Å². The van der Waals surface area contributed by atoms with Crippen LogP contribution in [0.15, 0.2) is 12.1 Å². The highest BCUT2D eigenvalue weighted by Gasteiger charge is 2.15. The minimum Gasteiger partial charge on any atom is -0.507 e. The SMILES string of the molecule is CCCc1c(OCCCCCCN)ccc(C(C)=O)c1O. The molecule has 0 aliphatic carbocycles. The average molecular weight is 293 g/mol. The molecule has 4 heteroatoms. The Balaban J connectivity index is 2.68. The summed E-state index contributed by atoms with van der Waals surface area (Å²) in [7, 11) is 0. The second-order valence-corrected chi connectivity index (χ2v) is 5.30. The van der Waals surface area contributed by atoms with Crippen LogP contribution < -0.4 is 10.5 Å². The lowest BCUT2D eigenvalue weighted by atomic mass is 10.0. The molecule has 1 aromatic rings. The zero-order valence-corrected chi connectivity index (χ0v) is 13.2. The van der Waals surface area contributed by atoms with E-state index in [1.165, 1.54) is 6.92 Å². The minimum absolute atomic E-state index is 0.0741. The highest BCUT2D eigenvalue weighted by atomic mass is 16.5. The minimum atomic E-state index is -0.127. The smallest absolute Gasteiger partial charge is 0.163 e. The molecule has 0 radical (unpaired) electrons. The maximum absolute atomic E-state index is 11.5. The molecule has 1 aromatic carbocycles. The van der Waals surface area contributed by atoms with Crippen LogP contribution in [0.4, 0.5) is 0 Å². The predicted molar refractivity (Wildman–Crippen MR) is 85.1 cm³/mol. The summed E-state index contributed by atoms with van der Waals surface area (Å²) in [6.45, 7) is 4.86. The number of ketones is 1. The lowest BCUT2D eigenvalue weighted by Crippen LogP contribution is -2.04. The first-order valence-electron chi connectivity index (χ1n) is 7.80. The number of carbonyl (C=O) groups is 1. The zero-order chi connectivity index (χ0) is 15.7. The van der Waals surface area contributed by atoms with Crippen molar-refractivity contribution in [3.63, 3.8) is 0 Å². The van der Waals surface area contributed by atoms with E-state index in [-0.39, 0.29) is 11.5 Å². The number of carbonyl (C=O) groups excluding carboxylic acids is 1. The fourth-order valence-corrected chi connectivity index (χ4v) is 2.31. The Labute approximate surface area is 127 Å². The van der Waals surface area contributed by atoms with Crippen molar-refractivity contribution >= 4 is 5.78 Å². The van der Waals surface area contributed by atoms with Gasteiger partial charge in [-0.05, 0) is 44.9 Å². The summed E-state index contributed by atoms with van der Waals surface area (Å²) in [6, 6.07) is 3.43. The van der Waals surface area contributed by atoms with Gasteiger partial charge >= 0.3 is 0 Å². The van der Waals surface area contributed by atoms with Crippen molar-refractivity contribution in [2.45, 2.75) is 52.4 Å². The molecule has 0 bridgehead atoms. The van der Waals surface area contributed by atoms with E-state index < -0.39 is 0 Å². The molecule has 0 heterocycles. The van der Waals surface area contributed by atoms with Gasteiger partial charge in [0, 0.05) is 5.56 Å². The van der Waals surface area contributed by atoms with E-state index in [1.54, 1.807) is 12.1 Å². The number of Topliss-reactive ketones (excluding diaryl/α,β-unsaturated/α-hetero) is 1. The van der Waals surface area contributed by atoms with Crippen molar-refractivity contribution in [1.29, 1.82) is 0 Å². The van der Waals surface area contributed by atoms with Gasteiger partial charge in [-0.2, -0.15) is 0 Å². The molecule has 0 aliphatic rings. The Morgan fingerprint density at radius 1 is 1.24 bits per heavy atom. The van der Waals surface area contributed by atoms with E-state index in [4.69, 9.17) is 10.5 Å². The van der Waals surface area contributed by atoms with Crippen LogP contribution in [0.5, 0.6) is 11.5 Å². The third-order valence-electron chi connectivity index (χ3n) is 3.48. The van der Waals surface area contributed by atoms with Gasteiger partial charge in [-0.3, -0.25) is 4.79 Å². The number of hydrogen-bond donors (Lipinski definition) is 2. The van der Waals surface area contributed by atoms with E-state index in [0.29, 0.717) is 24.3 Å². The zero-order valence-electron chi connectivity index (χ0n) is 13.2. The third-order valence-corrected chi connectivity index (χ3v) is 3.48. The first-order valence-corrected chi connectivity index (χ1v) is 7.80. The maximum Gasteiger partial charge on any atom is 0.163 e. The van der Waals surface area contributed by atoms with Crippen molar-refractivity contribution in [2.24, 2.45) is 5.73 Å². The Morgan fingerprint density at radius 2 is 1.95 bits per heavy atom. The van der Waals surface area contributed by atoms with Crippen LogP contribution >= 0.6 is 0 Å². The second kappa shape index (κ2) is 9.40. The van der Waals surface area contributed by atoms with E-state index in [1.807, 2.05) is 6.92 Å². The summed E-state index contributed by atoms with van der Waals surface area (Å²) in [4.78, 5) is 11.5. The Morgan fingerprint density at radius 3 is 2.57 bits per heavy atom. The van der Waals surface area contributed by atoms with Gasteiger partial charge in [0.25, 0.3) is 0 Å². The van der Waals surface area contributed by atoms with Crippen molar-refractivity contribution < 1.29 is 14.6 Å². The topological polar surface area (TPSA) is 72.5 Å². The van der Waals surface area contributed by atoms with Gasteiger partial charge in [0.1, 0.15) is 11.5 Å². The van der Waals surface area contributed by atoms with Crippen LogP contribution in [0.2, 0.25) is 0 Å². The number of benzene rings is 1. The summed E-state index contributed by atoms with van der Waals surface area (Å²) < 4.78 is 5.78. The molecular weight excluding hydrogens is 266 g/mol. The highest BCUT2D eigenvalue weighted by Crippen LogP contribution is 2.33. The number of rotatable bonds is 10. The fourth-order valence-electron chi connectivity index (χ4n) is 2.31. The summed E-state index contributed by atoms with van der Waals surface area (Å²) in [5, 5.41) is 10.2. The molecule has 1 rings (SSSR count). The van der Waals surface area contributed by atoms with Crippen molar-refractivity contribution in [2.75, 3.05) is 13.2 Å². The number of aromatic hydroxyl groups is 1. The molecule has 0 atom stereocenters. The lowest BCUT2D eigenvalue weighted by Gasteiger charge is -2.14. The van der Waals surface area contributed by atoms with E-state index in [0.717, 1.165) is 44.2 Å². The molecule has 4 nitrogen and oxygen atoms in total. The Bertz CT molecular complexity index is 458. The van der Waals surface area contributed by atoms with Gasteiger partial charge in [0.15, 0.2) is 5.78 Å². The summed E-state index contributed by atoms with van der Waals surface area (Å²) in [5.74, 6) is 0.640. The predicted octanol–water partition coefficient (Wildman–Crippen LogP) is 3.45.